The van der Waals surface area contributed by atoms with Gasteiger partial charge in [-0.05, 0) is 30.3 Å². The molecule has 3 atom stereocenters. The number of anilines is 1. The van der Waals surface area contributed by atoms with E-state index in [1.165, 1.54) is 17.9 Å². The molecule has 1 aromatic carbocycles. The van der Waals surface area contributed by atoms with Crippen LogP contribution in [0.2, 0.25) is 0 Å². The van der Waals surface area contributed by atoms with Gasteiger partial charge in [0.15, 0.2) is 6.23 Å². The Morgan fingerprint density at radius 1 is 1.46 bits per heavy atom. The van der Waals surface area contributed by atoms with Gasteiger partial charge in [0.05, 0.1) is 23.4 Å². The molecule has 1 aromatic rings. The molecule has 3 N–H and O–H groups in total. The third-order valence-corrected chi connectivity index (χ3v) is 4.84. The van der Waals surface area contributed by atoms with Crippen molar-refractivity contribution in [2.45, 2.75) is 31.2 Å². The first-order chi connectivity index (χ1) is 11.4. The minimum Gasteiger partial charge on any atom is -0.389 e. The summed E-state index contributed by atoms with van der Waals surface area (Å²) in [6, 6.07) is 4.58. The van der Waals surface area contributed by atoms with Crippen LogP contribution in [-0.4, -0.2) is 29.0 Å². The van der Waals surface area contributed by atoms with Gasteiger partial charge in [0, 0.05) is 17.7 Å². The number of halogens is 2. The van der Waals surface area contributed by atoms with Crippen LogP contribution in [0.15, 0.2) is 30.0 Å². The van der Waals surface area contributed by atoms with Gasteiger partial charge in [-0.2, -0.15) is 14.0 Å². The van der Waals surface area contributed by atoms with E-state index in [0.29, 0.717) is 11.1 Å². The molecule has 0 bridgehead atoms. The van der Waals surface area contributed by atoms with E-state index < -0.39 is 24.3 Å². The number of dihydropyridines is 1. The van der Waals surface area contributed by atoms with Crippen molar-refractivity contribution in [3.05, 3.63) is 46.7 Å². The van der Waals surface area contributed by atoms with E-state index in [0.717, 1.165) is 5.57 Å². The van der Waals surface area contributed by atoms with E-state index in [1.807, 2.05) is 0 Å². The number of nitrogens with zero attached hydrogens (tertiary/aromatic N) is 2. The Balaban J connectivity index is 2.04. The zero-order valence-corrected chi connectivity index (χ0v) is 12.8. The second-order valence-corrected chi connectivity index (χ2v) is 6.23. The van der Waals surface area contributed by atoms with Crippen LogP contribution in [0.4, 0.5) is 14.5 Å². The number of rotatable bonds is 1. The highest BCUT2D eigenvalue weighted by Crippen LogP contribution is 2.55. The minimum atomic E-state index is -3.49. The van der Waals surface area contributed by atoms with Crippen LogP contribution in [0.3, 0.4) is 0 Å². The monoisotopic (exact) mass is 331 g/mol. The van der Waals surface area contributed by atoms with Gasteiger partial charge in [-0.25, -0.2) is 0 Å². The molecule has 5 nitrogen and oxygen atoms in total. The smallest absolute Gasteiger partial charge is 0.319 e. The molecule has 0 saturated carbocycles. The molecule has 2 unspecified atom stereocenters. The molecular weight excluding hydrogens is 316 g/mol. The molecular formula is C17H15F2N3O2. The molecule has 7 heteroatoms. The molecule has 4 rings (SSSR count). The molecule has 24 heavy (non-hydrogen) atoms. The summed E-state index contributed by atoms with van der Waals surface area (Å²) in [5, 5.41) is 32.4. The van der Waals surface area contributed by atoms with E-state index in [2.05, 4.69) is 11.4 Å². The number of nitriles is 1. The maximum absolute atomic E-state index is 14.7. The number of alkyl halides is 2. The summed E-state index contributed by atoms with van der Waals surface area (Å²) in [5.74, 6) is -3.49. The number of benzene rings is 1. The van der Waals surface area contributed by atoms with Crippen molar-refractivity contribution < 1.29 is 19.0 Å². The Morgan fingerprint density at radius 2 is 2.21 bits per heavy atom. The van der Waals surface area contributed by atoms with Crippen molar-refractivity contribution in [3.8, 4) is 6.07 Å². The highest BCUT2D eigenvalue weighted by molar-refractivity contribution is 5.91. The van der Waals surface area contributed by atoms with Crippen molar-refractivity contribution in [1.82, 2.24) is 5.32 Å². The lowest BCUT2D eigenvalue weighted by molar-refractivity contribution is -0.104. The Morgan fingerprint density at radius 3 is 2.88 bits per heavy atom. The number of aliphatic hydroxyl groups is 2. The third-order valence-electron chi connectivity index (χ3n) is 4.84. The fourth-order valence-corrected chi connectivity index (χ4v) is 3.79. The first kappa shape index (κ1) is 15.1. The lowest BCUT2D eigenvalue weighted by atomic mass is 9.85. The zero-order chi connectivity index (χ0) is 17.2. The Kier molecular flexibility index (Phi) is 3.02. The largest absolute Gasteiger partial charge is 0.389 e. The topological polar surface area (TPSA) is 79.5 Å². The Bertz CT molecular complexity index is 839. The number of nitrogens with one attached hydrogen (secondary N) is 1. The Labute approximate surface area is 137 Å². The molecule has 0 aromatic heterocycles. The molecule has 0 radical (unpaired) electrons. The van der Waals surface area contributed by atoms with E-state index >= 15 is 0 Å². The fourth-order valence-electron chi connectivity index (χ4n) is 3.79. The molecule has 0 amide bonds. The fraction of sp³-hybridized carbons (Fsp3) is 0.353. The van der Waals surface area contributed by atoms with Gasteiger partial charge in [-0.15, -0.1) is 0 Å². The van der Waals surface area contributed by atoms with E-state index in [4.69, 9.17) is 0 Å². The molecule has 3 aliphatic rings. The number of aliphatic hydroxyl groups excluding tert-OH is 2. The molecule has 0 fully saturated rings. The molecule has 0 spiro atoms. The average molecular weight is 331 g/mol. The maximum atomic E-state index is 14.7. The van der Waals surface area contributed by atoms with E-state index in [9.17, 15) is 24.3 Å². The summed E-state index contributed by atoms with van der Waals surface area (Å²) < 4.78 is 29.5. The minimum absolute atomic E-state index is 0.0890. The summed E-state index contributed by atoms with van der Waals surface area (Å²) in [4.78, 5) is 1.25. The summed E-state index contributed by atoms with van der Waals surface area (Å²) in [7, 11) is 0. The summed E-state index contributed by atoms with van der Waals surface area (Å²) in [6.45, 7) is 1.51. The van der Waals surface area contributed by atoms with Gasteiger partial charge in [-0.1, -0.05) is 12.1 Å². The third kappa shape index (κ3) is 1.72. The van der Waals surface area contributed by atoms with Crippen LogP contribution in [-0.2, 0) is 5.92 Å². The SMILES string of the molecule is C[C@H](O)c1ccc2c3c1C(F)(F)C(O)N3CC1=C2C(C#N)NC=C1. The molecule has 124 valence electrons. The molecule has 3 heterocycles. The number of hydrogen-bond donors (Lipinski definition) is 3. The van der Waals surface area contributed by atoms with Crippen LogP contribution in [0.5, 0.6) is 0 Å². The summed E-state index contributed by atoms with van der Waals surface area (Å²) in [6.07, 6.45) is 0.264. The highest BCUT2D eigenvalue weighted by Gasteiger charge is 2.56. The van der Waals surface area contributed by atoms with Gasteiger partial charge in [-0.3, -0.25) is 0 Å². The number of fused-ring (bicyclic) bond motifs is 1. The van der Waals surface area contributed by atoms with Gasteiger partial charge in [0.2, 0.25) is 0 Å². The van der Waals surface area contributed by atoms with Crippen LogP contribution >= 0.6 is 0 Å². The van der Waals surface area contributed by atoms with Crippen LogP contribution in [0.1, 0.15) is 29.7 Å². The number of hydrogen-bond acceptors (Lipinski definition) is 5. The normalized spacial score (nSPS) is 27.2. The van der Waals surface area contributed by atoms with Gasteiger partial charge in [0.1, 0.15) is 6.04 Å². The molecule has 0 saturated heterocycles. The first-order valence-corrected chi connectivity index (χ1v) is 7.61. The lowest BCUT2D eigenvalue weighted by Gasteiger charge is -2.35. The second-order valence-electron chi connectivity index (χ2n) is 6.23. The van der Waals surface area contributed by atoms with Gasteiger partial charge >= 0.3 is 5.92 Å². The van der Waals surface area contributed by atoms with Crippen molar-refractivity contribution in [2.75, 3.05) is 11.4 Å². The van der Waals surface area contributed by atoms with Crippen LogP contribution < -0.4 is 10.2 Å². The second kappa shape index (κ2) is 4.79. The van der Waals surface area contributed by atoms with Gasteiger partial charge in [0.25, 0.3) is 0 Å². The van der Waals surface area contributed by atoms with Crippen molar-refractivity contribution >= 4 is 11.3 Å². The first-order valence-electron chi connectivity index (χ1n) is 7.61. The quantitative estimate of drug-likeness (QED) is 0.731. The summed E-state index contributed by atoms with van der Waals surface area (Å²) in [5.41, 5.74) is 1.82. The van der Waals surface area contributed by atoms with Crippen LogP contribution in [0, 0.1) is 11.3 Å². The molecule has 3 aliphatic heterocycles. The molecule has 0 aliphatic carbocycles. The van der Waals surface area contributed by atoms with Crippen LogP contribution in [0.25, 0.3) is 5.57 Å². The zero-order valence-electron chi connectivity index (χ0n) is 12.8. The predicted molar refractivity (Wildman–Crippen MR) is 82.9 cm³/mol. The highest BCUT2D eigenvalue weighted by atomic mass is 19.3. The lowest BCUT2D eigenvalue weighted by Crippen LogP contribution is -2.43. The van der Waals surface area contributed by atoms with Crippen molar-refractivity contribution in [1.29, 1.82) is 5.26 Å². The van der Waals surface area contributed by atoms with Crippen molar-refractivity contribution in [2.24, 2.45) is 0 Å². The summed E-state index contributed by atoms with van der Waals surface area (Å²) >= 11 is 0. The Hall–Kier alpha value is -2.43. The van der Waals surface area contributed by atoms with E-state index in [1.54, 1.807) is 18.3 Å². The maximum Gasteiger partial charge on any atom is 0.319 e. The standard InChI is InChI=1S/C17H15F2N3O2/c1-8(23)10-2-3-11-13-9(4-5-21-12(13)6-20)7-22-15(11)14(10)17(18,19)16(22)24/h2-5,8,12,16,21,23-24H,7H2,1H3/t8-,12?,16?/m0/s1. The predicted octanol–water partition coefficient (Wildman–Crippen LogP) is 1.75. The average Bonchev–Trinajstić information content (AvgIpc) is 2.76. The van der Waals surface area contributed by atoms with Gasteiger partial charge < -0.3 is 20.4 Å². The van der Waals surface area contributed by atoms with E-state index in [-0.39, 0.29) is 23.4 Å². The van der Waals surface area contributed by atoms with Crippen molar-refractivity contribution in [3.63, 3.8) is 0 Å².